The number of carbonyl (C=O) groups is 1. The smallest absolute Gasteiger partial charge is 0.150 e. The van der Waals surface area contributed by atoms with Gasteiger partial charge in [-0.2, -0.15) is 0 Å². The summed E-state index contributed by atoms with van der Waals surface area (Å²) in [7, 11) is 2.11. The summed E-state index contributed by atoms with van der Waals surface area (Å²) in [6, 6.07) is 5.34. The molecule has 0 saturated carbocycles. The lowest BCUT2D eigenvalue weighted by atomic mass is 10.1. The lowest BCUT2D eigenvalue weighted by Gasteiger charge is -2.43. The fraction of sp³-hybridized carbons (Fsp3) is 0.500. The largest absolute Gasteiger partial charge is 0.368 e. The highest BCUT2D eigenvalue weighted by molar-refractivity contribution is 5.77. The Morgan fingerprint density at radius 1 is 1.22 bits per heavy atom. The second kappa shape index (κ2) is 5.06. The molecule has 4 heteroatoms. The zero-order chi connectivity index (χ0) is 13.3. The average Bonchev–Trinajstić information content (AvgIpc) is 2.34. The van der Waals surface area contributed by atoms with Crippen LogP contribution in [0.2, 0.25) is 0 Å². The summed E-state index contributed by atoms with van der Waals surface area (Å²) in [5, 5.41) is 0. The van der Waals surface area contributed by atoms with Crippen LogP contribution < -0.4 is 4.90 Å². The lowest BCUT2D eigenvalue weighted by Crippen LogP contribution is -2.55. The summed E-state index contributed by atoms with van der Waals surface area (Å²) in [5.74, 6) is -0.353. The Morgan fingerprint density at radius 2 is 1.83 bits per heavy atom. The number of nitrogens with zero attached hydrogens (tertiary/aromatic N) is 2. The molecule has 0 aromatic heterocycles. The van der Waals surface area contributed by atoms with Gasteiger partial charge in [-0.1, -0.05) is 0 Å². The van der Waals surface area contributed by atoms with Crippen molar-refractivity contribution in [1.29, 1.82) is 0 Å². The van der Waals surface area contributed by atoms with Crippen molar-refractivity contribution in [1.82, 2.24) is 4.90 Å². The number of carbonyl (C=O) groups excluding carboxylic acids is 1. The van der Waals surface area contributed by atoms with E-state index in [9.17, 15) is 9.18 Å². The summed E-state index contributed by atoms with van der Waals surface area (Å²) in [6.07, 6.45) is 0.690. The van der Waals surface area contributed by atoms with Gasteiger partial charge in [-0.25, -0.2) is 4.39 Å². The number of likely N-dealkylation sites (N-methyl/N-ethyl adjacent to an activating group) is 1. The van der Waals surface area contributed by atoms with Crippen LogP contribution in [0.4, 0.5) is 10.1 Å². The second-order valence-electron chi connectivity index (χ2n) is 5.13. The summed E-state index contributed by atoms with van der Waals surface area (Å²) in [5.41, 5.74) is 1.19. The number of piperazine rings is 1. The van der Waals surface area contributed by atoms with E-state index < -0.39 is 0 Å². The van der Waals surface area contributed by atoms with Crippen LogP contribution in [0.1, 0.15) is 24.2 Å². The molecule has 2 unspecified atom stereocenters. The molecule has 2 atom stereocenters. The summed E-state index contributed by atoms with van der Waals surface area (Å²) in [6.45, 7) is 6.01. The van der Waals surface area contributed by atoms with Gasteiger partial charge in [0.2, 0.25) is 0 Å². The van der Waals surface area contributed by atoms with Crippen LogP contribution in [0, 0.1) is 5.82 Å². The van der Waals surface area contributed by atoms with Crippen LogP contribution in [0.15, 0.2) is 18.2 Å². The minimum Gasteiger partial charge on any atom is -0.368 e. The number of rotatable bonds is 2. The molecule has 3 nitrogen and oxygen atoms in total. The zero-order valence-corrected chi connectivity index (χ0v) is 11.1. The van der Waals surface area contributed by atoms with E-state index in [0.717, 1.165) is 18.8 Å². The maximum absolute atomic E-state index is 13.4. The predicted molar refractivity (Wildman–Crippen MR) is 70.7 cm³/mol. The lowest BCUT2D eigenvalue weighted by molar-refractivity contribution is 0.112. The van der Waals surface area contributed by atoms with Crippen molar-refractivity contribution < 1.29 is 9.18 Å². The molecule has 1 fully saturated rings. The monoisotopic (exact) mass is 250 g/mol. The molecule has 1 aliphatic rings. The minimum absolute atomic E-state index is 0.353. The molecule has 1 aromatic rings. The van der Waals surface area contributed by atoms with Crippen molar-refractivity contribution in [3.63, 3.8) is 0 Å². The van der Waals surface area contributed by atoms with E-state index in [1.165, 1.54) is 12.1 Å². The molecule has 0 amide bonds. The normalized spacial score (nSPS) is 25.2. The van der Waals surface area contributed by atoms with E-state index in [1.807, 2.05) is 0 Å². The SMILES string of the molecule is CC1CN(c2cc(F)cc(C=O)c2)CC(C)N1C. The van der Waals surface area contributed by atoms with E-state index in [0.29, 0.717) is 23.9 Å². The Hall–Kier alpha value is -1.42. The molecular weight excluding hydrogens is 231 g/mol. The first-order valence-corrected chi connectivity index (χ1v) is 6.24. The Balaban J connectivity index is 2.26. The van der Waals surface area contributed by atoms with Gasteiger partial charge in [0, 0.05) is 36.4 Å². The molecule has 0 spiro atoms. The van der Waals surface area contributed by atoms with Gasteiger partial charge in [0.05, 0.1) is 0 Å². The molecule has 0 bridgehead atoms. The molecule has 1 aromatic carbocycles. The third kappa shape index (κ3) is 2.53. The molecule has 0 aliphatic carbocycles. The van der Waals surface area contributed by atoms with Crippen molar-refractivity contribution in [3.8, 4) is 0 Å². The van der Waals surface area contributed by atoms with Crippen LogP contribution in [0.3, 0.4) is 0 Å². The molecule has 18 heavy (non-hydrogen) atoms. The summed E-state index contributed by atoms with van der Waals surface area (Å²) < 4.78 is 13.4. The third-order valence-electron chi connectivity index (χ3n) is 3.77. The Labute approximate surface area is 107 Å². The quantitative estimate of drug-likeness (QED) is 0.752. The zero-order valence-electron chi connectivity index (χ0n) is 11.1. The van der Waals surface area contributed by atoms with Crippen molar-refractivity contribution >= 4 is 12.0 Å². The number of halogens is 1. The van der Waals surface area contributed by atoms with Crippen LogP contribution in [0.5, 0.6) is 0 Å². The van der Waals surface area contributed by atoms with E-state index in [4.69, 9.17) is 0 Å². The first-order chi connectivity index (χ1) is 8.51. The summed E-state index contributed by atoms with van der Waals surface area (Å²) >= 11 is 0. The number of aldehydes is 1. The molecule has 0 N–H and O–H groups in total. The highest BCUT2D eigenvalue weighted by Crippen LogP contribution is 2.23. The Kier molecular flexibility index (Phi) is 3.66. The van der Waals surface area contributed by atoms with E-state index >= 15 is 0 Å². The maximum Gasteiger partial charge on any atom is 0.150 e. The highest BCUT2D eigenvalue weighted by Gasteiger charge is 2.26. The number of hydrogen-bond donors (Lipinski definition) is 0. The van der Waals surface area contributed by atoms with Gasteiger partial charge in [0.15, 0.2) is 0 Å². The molecule has 1 heterocycles. The maximum atomic E-state index is 13.4. The van der Waals surface area contributed by atoms with Crippen LogP contribution >= 0.6 is 0 Å². The van der Waals surface area contributed by atoms with Gasteiger partial charge in [-0.15, -0.1) is 0 Å². The Bertz CT molecular complexity index is 437. The van der Waals surface area contributed by atoms with Crippen LogP contribution in [0.25, 0.3) is 0 Å². The second-order valence-corrected chi connectivity index (χ2v) is 5.13. The molecule has 2 rings (SSSR count). The van der Waals surface area contributed by atoms with Gasteiger partial charge in [-0.05, 0) is 39.1 Å². The standard InChI is InChI=1S/C14H19FN2O/c1-10-7-17(8-11(2)16(10)3)14-5-12(9-18)4-13(15)6-14/h4-6,9-11H,7-8H2,1-3H3. The van der Waals surface area contributed by atoms with Crippen molar-refractivity contribution in [2.75, 3.05) is 25.0 Å². The van der Waals surface area contributed by atoms with Gasteiger partial charge in [0.1, 0.15) is 12.1 Å². The average molecular weight is 250 g/mol. The fourth-order valence-electron chi connectivity index (χ4n) is 2.46. The molecule has 0 radical (unpaired) electrons. The number of hydrogen-bond acceptors (Lipinski definition) is 3. The van der Waals surface area contributed by atoms with Gasteiger partial charge >= 0.3 is 0 Å². The first kappa shape index (κ1) is 13.0. The molecular formula is C14H19FN2O. The van der Waals surface area contributed by atoms with Gasteiger partial charge in [-0.3, -0.25) is 9.69 Å². The van der Waals surface area contributed by atoms with Crippen molar-refractivity contribution in [2.45, 2.75) is 25.9 Å². The number of anilines is 1. The minimum atomic E-state index is -0.353. The summed E-state index contributed by atoms with van der Waals surface area (Å²) in [4.78, 5) is 15.2. The fourth-order valence-corrected chi connectivity index (χ4v) is 2.46. The van der Waals surface area contributed by atoms with E-state index in [1.54, 1.807) is 6.07 Å². The van der Waals surface area contributed by atoms with Crippen molar-refractivity contribution in [2.24, 2.45) is 0 Å². The van der Waals surface area contributed by atoms with Crippen LogP contribution in [-0.4, -0.2) is 43.4 Å². The van der Waals surface area contributed by atoms with E-state index in [-0.39, 0.29) is 5.82 Å². The predicted octanol–water partition coefficient (Wildman–Crippen LogP) is 2.17. The topological polar surface area (TPSA) is 23.6 Å². The van der Waals surface area contributed by atoms with Gasteiger partial charge < -0.3 is 4.90 Å². The molecule has 98 valence electrons. The first-order valence-electron chi connectivity index (χ1n) is 6.24. The number of benzene rings is 1. The van der Waals surface area contributed by atoms with Crippen molar-refractivity contribution in [3.05, 3.63) is 29.6 Å². The third-order valence-corrected chi connectivity index (χ3v) is 3.77. The molecule has 1 saturated heterocycles. The van der Waals surface area contributed by atoms with Gasteiger partial charge in [0.25, 0.3) is 0 Å². The highest BCUT2D eigenvalue weighted by atomic mass is 19.1. The Morgan fingerprint density at radius 3 is 2.39 bits per heavy atom. The van der Waals surface area contributed by atoms with E-state index in [2.05, 4.69) is 30.7 Å². The molecule has 1 aliphatic heterocycles. The van der Waals surface area contributed by atoms with Crippen LogP contribution in [-0.2, 0) is 0 Å².